The third-order valence-corrected chi connectivity index (χ3v) is 7.03. The predicted molar refractivity (Wildman–Crippen MR) is 138 cm³/mol. The van der Waals surface area contributed by atoms with Crippen molar-refractivity contribution in [2.24, 2.45) is 0 Å². The number of carbonyl (C=O) groups excluding carboxylic acids is 2. The van der Waals surface area contributed by atoms with Crippen molar-refractivity contribution in [1.29, 1.82) is 0 Å². The predicted octanol–water partition coefficient (Wildman–Crippen LogP) is 4.41. The molecule has 1 aromatic heterocycles. The molecule has 1 saturated heterocycles. The van der Waals surface area contributed by atoms with E-state index in [0.717, 1.165) is 16.7 Å². The Morgan fingerprint density at radius 1 is 1.11 bits per heavy atom. The number of nitrogens with zero attached hydrogens (tertiary/aromatic N) is 1. The van der Waals surface area contributed by atoms with Gasteiger partial charge in [0, 0.05) is 31.5 Å². The van der Waals surface area contributed by atoms with Crippen LogP contribution < -0.4 is 5.32 Å². The smallest absolute Gasteiger partial charge is 0.326 e. The summed E-state index contributed by atoms with van der Waals surface area (Å²) in [6, 6.07) is 19.7. The van der Waals surface area contributed by atoms with Crippen LogP contribution >= 0.6 is 24.4 Å². The second kappa shape index (κ2) is 10.9. The third kappa shape index (κ3) is 6.17. The zero-order valence-electron chi connectivity index (χ0n) is 18.9. The number of carboxylic acids is 1. The van der Waals surface area contributed by atoms with Crippen molar-refractivity contribution in [3.8, 4) is 11.3 Å². The fourth-order valence-corrected chi connectivity index (χ4v) is 5.15. The highest BCUT2D eigenvalue weighted by atomic mass is 32.2. The first-order valence-corrected chi connectivity index (χ1v) is 12.3. The van der Waals surface area contributed by atoms with E-state index in [1.165, 1.54) is 18.7 Å². The summed E-state index contributed by atoms with van der Waals surface area (Å²) in [6.07, 6.45) is 1.90. The Labute approximate surface area is 212 Å². The number of carboxylic acid groups (broad SMARTS) is 1. The lowest BCUT2D eigenvalue weighted by molar-refractivity contribution is -0.141. The van der Waals surface area contributed by atoms with Gasteiger partial charge < -0.3 is 19.7 Å². The minimum atomic E-state index is -1.09. The summed E-state index contributed by atoms with van der Waals surface area (Å²) in [4.78, 5) is 37.8. The Bertz CT molecular complexity index is 1250. The molecule has 0 radical (unpaired) electrons. The van der Waals surface area contributed by atoms with Crippen LogP contribution in [0.15, 0.2) is 76.1 Å². The number of thiol groups is 1. The van der Waals surface area contributed by atoms with Crippen molar-refractivity contribution in [2.45, 2.75) is 30.6 Å². The zero-order valence-corrected chi connectivity index (χ0v) is 20.6. The van der Waals surface area contributed by atoms with E-state index in [1.807, 2.05) is 48.5 Å². The summed E-state index contributed by atoms with van der Waals surface area (Å²) in [5.41, 5.74) is 2.63. The van der Waals surface area contributed by atoms with E-state index in [0.29, 0.717) is 23.0 Å². The number of rotatable bonds is 8. The average Bonchev–Trinajstić information content (AvgIpc) is 3.40. The van der Waals surface area contributed by atoms with Gasteiger partial charge in [0.1, 0.15) is 22.3 Å². The standard InChI is InChI=1S/C26H24N2O5S2/c1-16(29)27-21(25(31)32)13-17-7-9-19(10-8-17)22-12-11-20(33-22)14-23-24(30)28(26(34)35-23)15-18-5-3-2-4-6-18/h2-12,14,21,26,34H,13,15H2,1H3,(H,27,29)(H,31,32)/b23-14-/t21-,26-/m1/s1. The fourth-order valence-electron chi connectivity index (χ4n) is 3.70. The maximum Gasteiger partial charge on any atom is 0.326 e. The molecular formula is C26H24N2O5S2. The molecule has 2 heterocycles. The van der Waals surface area contributed by atoms with Gasteiger partial charge in [-0.05, 0) is 23.3 Å². The number of benzene rings is 2. The Kier molecular flexibility index (Phi) is 7.67. The van der Waals surface area contributed by atoms with E-state index in [1.54, 1.807) is 29.2 Å². The quantitative estimate of drug-likeness (QED) is 0.308. The van der Waals surface area contributed by atoms with E-state index in [-0.39, 0.29) is 17.0 Å². The lowest BCUT2D eigenvalue weighted by atomic mass is 10.0. The summed E-state index contributed by atoms with van der Waals surface area (Å²) in [6.45, 7) is 1.77. The van der Waals surface area contributed by atoms with Crippen LogP contribution in [0.25, 0.3) is 17.4 Å². The zero-order chi connectivity index (χ0) is 24.9. The van der Waals surface area contributed by atoms with Gasteiger partial charge in [-0.25, -0.2) is 4.79 Å². The molecule has 3 aromatic rings. The summed E-state index contributed by atoms with van der Waals surface area (Å²) in [5, 5.41) is 11.7. The summed E-state index contributed by atoms with van der Waals surface area (Å²) >= 11 is 5.94. The molecule has 0 saturated carbocycles. The van der Waals surface area contributed by atoms with Gasteiger partial charge in [0.2, 0.25) is 5.91 Å². The van der Waals surface area contributed by atoms with E-state index >= 15 is 0 Å². The molecule has 2 N–H and O–H groups in total. The van der Waals surface area contributed by atoms with Gasteiger partial charge >= 0.3 is 5.97 Å². The Morgan fingerprint density at radius 2 is 1.83 bits per heavy atom. The number of aliphatic carboxylic acids is 1. The molecule has 1 fully saturated rings. The molecule has 1 aliphatic heterocycles. The Balaban J connectivity index is 1.44. The largest absolute Gasteiger partial charge is 0.480 e. The molecule has 2 amide bonds. The first-order valence-electron chi connectivity index (χ1n) is 10.9. The van der Waals surface area contributed by atoms with Gasteiger partial charge in [0.15, 0.2) is 0 Å². The van der Waals surface area contributed by atoms with Crippen molar-refractivity contribution in [1.82, 2.24) is 10.2 Å². The summed E-state index contributed by atoms with van der Waals surface area (Å²) < 4.78 is 5.67. The number of amides is 2. The van der Waals surface area contributed by atoms with Crippen LogP contribution in [0.1, 0.15) is 23.8 Å². The SMILES string of the molecule is CC(=O)N[C@H](Cc1ccc(-c2ccc(/C=C3\S[C@@H](S)N(Cc4ccccc4)C3=O)o2)cc1)C(=O)O. The molecule has 2 atom stereocenters. The van der Waals surface area contributed by atoms with E-state index < -0.39 is 17.9 Å². The van der Waals surface area contributed by atoms with E-state index in [4.69, 9.17) is 4.42 Å². The molecule has 2 aromatic carbocycles. The van der Waals surface area contributed by atoms with Gasteiger partial charge in [0.05, 0.1) is 4.91 Å². The first-order chi connectivity index (χ1) is 16.8. The van der Waals surface area contributed by atoms with Gasteiger partial charge in [-0.2, -0.15) is 0 Å². The highest BCUT2D eigenvalue weighted by Gasteiger charge is 2.34. The van der Waals surface area contributed by atoms with Crippen LogP contribution in [0.4, 0.5) is 0 Å². The van der Waals surface area contributed by atoms with E-state index in [2.05, 4.69) is 17.9 Å². The van der Waals surface area contributed by atoms with Crippen LogP contribution in [-0.2, 0) is 27.3 Å². The van der Waals surface area contributed by atoms with Crippen LogP contribution in [0.5, 0.6) is 0 Å². The van der Waals surface area contributed by atoms with Crippen LogP contribution in [0.3, 0.4) is 0 Å². The molecule has 0 unspecified atom stereocenters. The number of hydrogen-bond donors (Lipinski definition) is 3. The normalized spacial score (nSPS) is 17.5. The molecule has 0 spiro atoms. The van der Waals surface area contributed by atoms with Gasteiger partial charge in [-0.3, -0.25) is 9.59 Å². The molecule has 7 nitrogen and oxygen atoms in total. The van der Waals surface area contributed by atoms with Crippen molar-refractivity contribution in [3.63, 3.8) is 0 Å². The Hall–Kier alpha value is -3.43. The minimum absolute atomic E-state index is 0.0895. The molecule has 9 heteroatoms. The fraction of sp³-hybridized carbons (Fsp3) is 0.192. The number of carbonyl (C=O) groups is 3. The van der Waals surface area contributed by atoms with Crippen molar-refractivity contribution >= 4 is 48.3 Å². The topological polar surface area (TPSA) is 99.9 Å². The first kappa shape index (κ1) is 24.7. The van der Waals surface area contributed by atoms with Gasteiger partial charge in [-0.1, -0.05) is 66.4 Å². The summed E-state index contributed by atoms with van der Waals surface area (Å²) in [5.74, 6) is -0.387. The lowest BCUT2D eigenvalue weighted by Crippen LogP contribution is -2.41. The molecule has 0 bridgehead atoms. The van der Waals surface area contributed by atoms with Crippen LogP contribution in [-0.4, -0.2) is 38.5 Å². The second-order valence-electron chi connectivity index (χ2n) is 8.07. The van der Waals surface area contributed by atoms with Gasteiger partial charge in [-0.15, -0.1) is 12.6 Å². The lowest BCUT2D eigenvalue weighted by Gasteiger charge is -2.19. The highest BCUT2D eigenvalue weighted by molar-refractivity contribution is 8.14. The summed E-state index contributed by atoms with van der Waals surface area (Å²) in [7, 11) is 0. The molecule has 35 heavy (non-hydrogen) atoms. The van der Waals surface area contributed by atoms with Gasteiger partial charge in [0.25, 0.3) is 5.91 Å². The number of hydrogen-bond acceptors (Lipinski definition) is 6. The maximum atomic E-state index is 12.9. The number of furan rings is 1. The molecule has 4 rings (SSSR count). The molecular weight excluding hydrogens is 484 g/mol. The van der Waals surface area contributed by atoms with Crippen LogP contribution in [0.2, 0.25) is 0 Å². The average molecular weight is 509 g/mol. The Morgan fingerprint density at radius 3 is 2.49 bits per heavy atom. The van der Waals surface area contributed by atoms with Crippen molar-refractivity contribution in [2.75, 3.05) is 0 Å². The van der Waals surface area contributed by atoms with Crippen molar-refractivity contribution in [3.05, 3.63) is 88.5 Å². The monoisotopic (exact) mass is 508 g/mol. The number of thioether (sulfide) groups is 1. The van der Waals surface area contributed by atoms with Crippen molar-refractivity contribution < 1.29 is 23.9 Å². The maximum absolute atomic E-state index is 12.9. The third-order valence-electron chi connectivity index (χ3n) is 5.42. The van der Waals surface area contributed by atoms with E-state index in [9.17, 15) is 19.5 Å². The number of nitrogens with one attached hydrogen (secondary N) is 1. The molecule has 1 aliphatic rings. The minimum Gasteiger partial charge on any atom is -0.480 e. The molecule has 180 valence electrons. The van der Waals surface area contributed by atoms with Crippen LogP contribution in [0, 0.1) is 0 Å². The second-order valence-corrected chi connectivity index (χ2v) is 10.0. The molecule has 0 aliphatic carbocycles. The highest BCUT2D eigenvalue weighted by Crippen LogP contribution is 2.39.